The van der Waals surface area contributed by atoms with Gasteiger partial charge < -0.3 is 50.3 Å². The average Bonchev–Trinajstić information content (AvgIpc) is 2.99. The van der Waals surface area contributed by atoms with E-state index in [-0.39, 0.29) is 22.9 Å². The van der Waals surface area contributed by atoms with Gasteiger partial charge in [-0.3, -0.25) is 38.4 Å². The first kappa shape index (κ1) is 33.8. The SMILES string of the molecule is O=C(O)C1(C(=O)O)C=CC(Oc2ccc3ncc(OC4=CC(C(=O)O)(C(=O)O)C(C(=O)O)(C(=O)O)C=C4)nc3c2)=CC1(C(=O)O)C(=O)O. The molecule has 0 atom stereocenters. The molecule has 0 saturated heterocycles. The number of hydrogen-bond acceptors (Lipinski definition) is 12. The van der Waals surface area contributed by atoms with Crippen LogP contribution in [0.3, 0.4) is 0 Å². The Morgan fingerprint density at radius 2 is 0.917 bits per heavy atom. The summed E-state index contributed by atoms with van der Waals surface area (Å²) in [6, 6.07) is 3.62. The fraction of sp³-hybridized carbons (Fsp3) is 0.143. The van der Waals surface area contributed by atoms with Crippen LogP contribution in [0.1, 0.15) is 0 Å². The van der Waals surface area contributed by atoms with Crippen molar-refractivity contribution in [2.24, 2.45) is 21.7 Å². The number of carboxylic acid groups (broad SMARTS) is 8. The van der Waals surface area contributed by atoms with Gasteiger partial charge >= 0.3 is 47.8 Å². The van der Waals surface area contributed by atoms with Crippen LogP contribution in [0.5, 0.6) is 11.6 Å². The Labute approximate surface area is 263 Å². The monoisotopic (exact) mass is 670 g/mol. The van der Waals surface area contributed by atoms with Crippen LogP contribution < -0.4 is 9.47 Å². The number of hydrogen-bond donors (Lipinski definition) is 8. The van der Waals surface area contributed by atoms with Gasteiger partial charge in [0.1, 0.15) is 17.3 Å². The van der Waals surface area contributed by atoms with Crippen LogP contribution in [0, 0.1) is 21.7 Å². The van der Waals surface area contributed by atoms with Gasteiger partial charge in [0.2, 0.25) is 27.5 Å². The lowest BCUT2D eigenvalue weighted by atomic mass is 9.60. The van der Waals surface area contributed by atoms with E-state index in [1.165, 1.54) is 12.1 Å². The number of ether oxygens (including phenoxy) is 2. The molecule has 1 aromatic carbocycles. The van der Waals surface area contributed by atoms with Gasteiger partial charge in [-0.25, -0.2) is 9.97 Å². The number of nitrogens with zero attached hydrogens (tertiary/aromatic N) is 2. The van der Waals surface area contributed by atoms with Crippen LogP contribution in [-0.4, -0.2) is 98.6 Å². The molecular formula is C28H18N2O18. The first-order valence-electron chi connectivity index (χ1n) is 12.7. The van der Waals surface area contributed by atoms with Gasteiger partial charge in [0.15, 0.2) is 0 Å². The van der Waals surface area contributed by atoms with Crippen molar-refractivity contribution >= 4 is 58.8 Å². The number of carboxylic acids is 8. The molecule has 2 aromatic rings. The van der Waals surface area contributed by atoms with Crippen molar-refractivity contribution in [2.75, 3.05) is 0 Å². The van der Waals surface area contributed by atoms with E-state index in [0.29, 0.717) is 24.3 Å². The molecule has 0 saturated carbocycles. The van der Waals surface area contributed by atoms with Crippen molar-refractivity contribution in [1.29, 1.82) is 0 Å². The van der Waals surface area contributed by atoms with Gasteiger partial charge in [-0.15, -0.1) is 0 Å². The summed E-state index contributed by atoms with van der Waals surface area (Å²) in [5, 5.41) is 77.4. The molecule has 20 heteroatoms. The molecule has 48 heavy (non-hydrogen) atoms. The fourth-order valence-corrected chi connectivity index (χ4v) is 5.15. The fourth-order valence-electron chi connectivity index (χ4n) is 5.15. The molecule has 0 amide bonds. The molecule has 2 aliphatic carbocycles. The van der Waals surface area contributed by atoms with Crippen LogP contribution in [0.4, 0.5) is 0 Å². The van der Waals surface area contributed by atoms with Crippen molar-refractivity contribution in [3.8, 4) is 11.6 Å². The molecule has 0 aliphatic heterocycles. The third-order valence-corrected chi connectivity index (χ3v) is 7.61. The smallest absolute Gasteiger partial charge is 0.327 e. The lowest BCUT2D eigenvalue weighted by Gasteiger charge is -2.36. The lowest BCUT2D eigenvalue weighted by Crippen LogP contribution is -2.60. The predicted molar refractivity (Wildman–Crippen MR) is 146 cm³/mol. The van der Waals surface area contributed by atoms with E-state index in [4.69, 9.17) is 9.47 Å². The van der Waals surface area contributed by atoms with Gasteiger partial charge in [0, 0.05) is 6.07 Å². The largest absolute Gasteiger partial charge is 0.480 e. The maximum atomic E-state index is 12.1. The first-order chi connectivity index (χ1) is 22.3. The van der Waals surface area contributed by atoms with Crippen LogP contribution in [0.25, 0.3) is 11.0 Å². The Balaban J connectivity index is 1.74. The number of rotatable bonds is 12. The molecule has 8 N–H and O–H groups in total. The van der Waals surface area contributed by atoms with Gasteiger partial charge in [-0.1, -0.05) is 12.2 Å². The Hall–Kier alpha value is -7.12. The minimum absolute atomic E-state index is 0.0907. The minimum atomic E-state index is -3.60. The number of carbonyl (C=O) groups is 8. The molecule has 0 unspecified atom stereocenters. The van der Waals surface area contributed by atoms with Crippen molar-refractivity contribution in [3.05, 3.63) is 72.4 Å². The summed E-state index contributed by atoms with van der Waals surface area (Å²) in [6.07, 6.45) is 3.61. The van der Waals surface area contributed by atoms with Crippen molar-refractivity contribution in [3.63, 3.8) is 0 Å². The van der Waals surface area contributed by atoms with E-state index < -0.39 is 86.8 Å². The number of fused-ring (bicyclic) bond motifs is 1. The van der Waals surface area contributed by atoms with Crippen LogP contribution in [0.15, 0.2) is 72.4 Å². The topological polar surface area (TPSA) is 343 Å². The summed E-state index contributed by atoms with van der Waals surface area (Å²) < 4.78 is 10.9. The third kappa shape index (κ3) is 4.54. The Bertz CT molecular complexity index is 1790. The van der Waals surface area contributed by atoms with Gasteiger partial charge in [-0.05, 0) is 36.4 Å². The molecule has 20 nitrogen and oxygen atoms in total. The number of aromatic nitrogens is 2. The molecule has 248 valence electrons. The second-order valence-corrected chi connectivity index (χ2v) is 10.00. The molecule has 0 radical (unpaired) electrons. The van der Waals surface area contributed by atoms with Gasteiger partial charge in [0.05, 0.1) is 17.2 Å². The Morgan fingerprint density at radius 3 is 1.31 bits per heavy atom. The van der Waals surface area contributed by atoms with E-state index >= 15 is 0 Å². The summed E-state index contributed by atoms with van der Waals surface area (Å²) >= 11 is 0. The van der Waals surface area contributed by atoms with Crippen molar-refractivity contribution < 1.29 is 88.7 Å². The van der Waals surface area contributed by atoms with Crippen molar-refractivity contribution in [1.82, 2.24) is 9.97 Å². The predicted octanol–water partition coefficient (Wildman–Crippen LogP) is -0.0828. The van der Waals surface area contributed by atoms with E-state index in [0.717, 1.165) is 18.3 Å². The zero-order valence-electron chi connectivity index (χ0n) is 23.3. The Kier molecular flexibility index (Phi) is 7.98. The van der Waals surface area contributed by atoms with Gasteiger partial charge in [0.25, 0.3) is 0 Å². The highest BCUT2D eigenvalue weighted by Gasteiger charge is 2.72. The van der Waals surface area contributed by atoms with Crippen molar-refractivity contribution in [2.45, 2.75) is 0 Å². The number of benzene rings is 1. The van der Waals surface area contributed by atoms with E-state index in [1.54, 1.807) is 0 Å². The van der Waals surface area contributed by atoms with Crippen LogP contribution >= 0.6 is 0 Å². The third-order valence-electron chi connectivity index (χ3n) is 7.61. The number of allylic oxidation sites excluding steroid dienone is 2. The van der Waals surface area contributed by atoms with Crippen LogP contribution in [-0.2, 0) is 38.4 Å². The molecular weight excluding hydrogens is 652 g/mol. The highest BCUT2D eigenvalue weighted by Crippen LogP contribution is 2.49. The summed E-state index contributed by atoms with van der Waals surface area (Å²) in [4.78, 5) is 104. The van der Waals surface area contributed by atoms with E-state index in [2.05, 4.69) is 9.97 Å². The quantitative estimate of drug-likeness (QED) is 0.137. The summed E-state index contributed by atoms with van der Waals surface area (Å²) in [5.74, 6) is -20.5. The Morgan fingerprint density at radius 1 is 0.521 bits per heavy atom. The second-order valence-electron chi connectivity index (χ2n) is 10.00. The first-order valence-corrected chi connectivity index (χ1v) is 12.7. The zero-order chi connectivity index (χ0) is 36.0. The maximum Gasteiger partial charge on any atom is 0.327 e. The maximum absolute atomic E-state index is 12.1. The molecule has 0 spiro atoms. The minimum Gasteiger partial charge on any atom is -0.480 e. The van der Waals surface area contributed by atoms with Crippen LogP contribution in [0.2, 0.25) is 0 Å². The van der Waals surface area contributed by atoms with E-state index in [1.807, 2.05) is 0 Å². The molecule has 1 heterocycles. The standard InChI is InChI=1S/C28H18N2O18/c31-17(32)25(18(33)34)5-3-12(8-27(25,21(39)40)22(41)42)47-11-1-2-14-15(7-11)30-16(10-29-14)48-13-4-6-26(19(35)36,20(37)38)28(9-13,23(43)44)24(45)46/h1-10H,(H,31,32)(H,33,34)(H,35,36)(H,37,38)(H,39,40)(H,41,42)(H,43,44)(H,45,46). The summed E-state index contributed by atoms with van der Waals surface area (Å²) in [7, 11) is 0. The lowest BCUT2D eigenvalue weighted by molar-refractivity contribution is -0.186. The molecule has 4 rings (SSSR count). The highest BCUT2D eigenvalue weighted by atomic mass is 16.5. The molecule has 2 aliphatic rings. The summed E-state index contributed by atoms with van der Waals surface area (Å²) in [5.41, 5.74) is -14.1. The average molecular weight is 670 g/mol. The normalized spacial score (nSPS) is 18.0. The molecule has 1 aromatic heterocycles. The summed E-state index contributed by atoms with van der Waals surface area (Å²) in [6.45, 7) is 0. The number of aliphatic carboxylic acids is 8. The van der Waals surface area contributed by atoms with E-state index in [9.17, 15) is 79.2 Å². The highest BCUT2D eigenvalue weighted by molar-refractivity contribution is 6.17. The molecule has 0 fully saturated rings. The second kappa shape index (κ2) is 11.3. The molecule has 0 bridgehead atoms. The van der Waals surface area contributed by atoms with Gasteiger partial charge in [-0.2, -0.15) is 0 Å². The zero-order valence-corrected chi connectivity index (χ0v) is 23.3.